The van der Waals surface area contributed by atoms with E-state index in [0.717, 1.165) is 12.5 Å². The summed E-state index contributed by atoms with van der Waals surface area (Å²) in [6, 6.07) is 0.641. The number of nitrogens with one attached hydrogen (secondary N) is 1. The molecule has 96 valence electrons. The lowest BCUT2D eigenvalue weighted by Gasteiger charge is -2.38. The third kappa shape index (κ3) is 3.21. The highest BCUT2D eigenvalue weighted by Gasteiger charge is 2.35. The summed E-state index contributed by atoms with van der Waals surface area (Å²) < 4.78 is 0. The molecular weight excluding hydrogens is 196 g/mol. The van der Waals surface area contributed by atoms with Crippen molar-refractivity contribution < 1.29 is 0 Å². The standard InChI is InChI=1S/C14H30N2/c1-6-12(2)13(3)15-11-14(16(4)5)9-7-8-10-14/h12-13,15H,6-11H2,1-5H3. The molecule has 2 nitrogen and oxygen atoms in total. The monoisotopic (exact) mass is 226 g/mol. The smallest absolute Gasteiger partial charge is 0.0327 e. The number of likely N-dealkylation sites (N-methyl/N-ethyl adjacent to an activating group) is 1. The van der Waals surface area contributed by atoms with E-state index in [0.29, 0.717) is 11.6 Å². The zero-order chi connectivity index (χ0) is 12.2. The summed E-state index contributed by atoms with van der Waals surface area (Å²) in [5.74, 6) is 0.778. The fourth-order valence-corrected chi connectivity index (χ4v) is 2.72. The maximum atomic E-state index is 3.76. The molecule has 2 heteroatoms. The van der Waals surface area contributed by atoms with Crippen LogP contribution in [0.15, 0.2) is 0 Å². The van der Waals surface area contributed by atoms with Gasteiger partial charge in [0.1, 0.15) is 0 Å². The van der Waals surface area contributed by atoms with E-state index in [1.165, 1.54) is 32.1 Å². The van der Waals surface area contributed by atoms with Crippen LogP contribution < -0.4 is 5.32 Å². The second-order valence-corrected chi connectivity index (χ2v) is 5.88. The van der Waals surface area contributed by atoms with Crippen LogP contribution in [0.4, 0.5) is 0 Å². The molecule has 0 amide bonds. The molecule has 1 rings (SSSR count). The molecule has 1 saturated carbocycles. The van der Waals surface area contributed by atoms with E-state index >= 15 is 0 Å². The first-order valence-electron chi connectivity index (χ1n) is 6.92. The number of nitrogens with zero attached hydrogens (tertiary/aromatic N) is 1. The van der Waals surface area contributed by atoms with E-state index in [2.05, 4.69) is 45.1 Å². The maximum Gasteiger partial charge on any atom is 0.0327 e. The Morgan fingerprint density at radius 2 is 1.75 bits per heavy atom. The number of hydrogen-bond acceptors (Lipinski definition) is 2. The minimum absolute atomic E-state index is 0.432. The molecule has 0 bridgehead atoms. The lowest BCUT2D eigenvalue weighted by Crippen LogP contribution is -2.52. The second kappa shape index (κ2) is 6.02. The molecule has 0 aromatic heterocycles. The van der Waals surface area contributed by atoms with Crippen molar-refractivity contribution in [3.05, 3.63) is 0 Å². The zero-order valence-corrected chi connectivity index (χ0v) is 11.8. The molecule has 1 aliphatic carbocycles. The van der Waals surface area contributed by atoms with Crippen LogP contribution in [0, 0.1) is 5.92 Å². The Morgan fingerprint density at radius 1 is 1.19 bits per heavy atom. The van der Waals surface area contributed by atoms with E-state index in [4.69, 9.17) is 0 Å². The lowest BCUT2D eigenvalue weighted by atomic mass is 9.94. The molecule has 2 unspecified atom stereocenters. The van der Waals surface area contributed by atoms with Gasteiger partial charge in [-0.15, -0.1) is 0 Å². The molecule has 0 spiro atoms. The molecular formula is C14H30N2. The normalized spacial score (nSPS) is 23.6. The van der Waals surface area contributed by atoms with Crippen molar-refractivity contribution in [3.8, 4) is 0 Å². The van der Waals surface area contributed by atoms with Gasteiger partial charge in [-0.1, -0.05) is 33.1 Å². The Bertz CT molecular complexity index is 195. The quantitative estimate of drug-likeness (QED) is 0.749. The number of hydrogen-bond donors (Lipinski definition) is 1. The topological polar surface area (TPSA) is 15.3 Å². The van der Waals surface area contributed by atoms with Crippen molar-refractivity contribution in [2.45, 2.75) is 64.5 Å². The van der Waals surface area contributed by atoms with Gasteiger partial charge in [0.15, 0.2) is 0 Å². The van der Waals surface area contributed by atoms with Gasteiger partial charge < -0.3 is 10.2 Å². The number of rotatable bonds is 6. The van der Waals surface area contributed by atoms with Gasteiger partial charge in [-0.05, 0) is 39.8 Å². The average molecular weight is 226 g/mol. The summed E-state index contributed by atoms with van der Waals surface area (Å²) in [7, 11) is 4.47. The first kappa shape index (κ1) is 14.0. The highest BCUT2D eigenvalue weighted by atomic mass is 15.2. The van der Waals surface area contributed by atoms with Gasteiger partial charge in [0.2, 0.25) is 0 Å². The maximum absolute atomic E-state index is 3.76. The molecule has 0 heterocycles. The molecule has 0 aromatic carbocycles. The van der Waals surface area contributed by atoms with Crippen LogP contribution in [0.3, 0.4) is 0 Å². The average Bonchev–Trinajstić information content (AvgIpc) is 2.74. The summed E-state index contributed by atoms with van der Waals surface area (Å²) in [4.78, 5) is 2.44. The Hall–Kier alpha value is -0.0800. The Balaban J connectivity index is 2.45. The molecule has 0 radical (unpaired) electrons. The van der Waals surface area contributed by atoms with E-state index < -0.39 is 0 Å². The summed E-state index contributed by atoms with van der Waals surface area (Å²) in [6.07, 6.45) is 6.79. The highest BCUT2D eigenvalue weighted by molar-refractivity contribution is 4.95. The van der Waals surface area contributed by atoms with E-state index in [1.807, 2.05) is 0 Å². The van der Waals surface area contributed by atoms with Crippen molar-refractivity contribution in [2.75, 3.05) is 20.6 Å². The summed E-state index contributed by atoms with van der Waals surface area (Å²) in [6.45, 7) is 8.10. The SMILES string of the molecule is CCC(C)C(C)NCC1(N(C)C)CCCC1. The lowest BCUT2D eigenvalue weighted by molar-refractivity contribution is 0.145. The summed E-state index contributed by atoms with van der Waals surface area (Å²) >= 11 is 0. The fraction of sp³-hybridized carbons (Fsp3) is 1.00. The Labute approximate surface area is 102 Å². The van der Waals surface area contributed by atoms with E-state index in [1.54, 1.807) is 0 Å². The van der Waals surface area contributed by atoms with Crippen molar-refractivity contribution in [1.29, 1.82) is 0 Å². The molecule has 0 aromatic rings. The van der Waals surface area contributed by atoms with Crippen LogP contribution in [0.1, 0.15) is 52.9 Å². The van der Waals surface area contributed by atoms with Gasteiger partial charge in [-0.3, -0.25) is 0 Å². The van der Waals surface area contributed by atoms with Crippen molar-refractivity contribution in [3.63, 3.8) is 0 Å². The van der Waals surface area contributed by atoms with Gasteiger partial charge in [-0.25, -0.2) is 0 Å². The first-order valence-corrected chi connectivity index (χ1v) is 6.92. The fourth-order valence-electron chi connectivity index (χ4n) is 2.72. The van der Waals surface area contributed by atoms with Gasteiger partial charge in [0, 0.05) is 18.1 Å². The third-order valence-electron chi connectivity index (χ3n) is 4.73. The van der Waals surface area contributed by atoms with Gasteiger partial charge in [-0.2, -0.15) is 0 Å². The van der Waals surface area contributed by atoms with Crippen molar-refractivity contribution >= 4 is 0 Å². The predicted octanol–water partition coefficient (Wildman–Crippen LogP) is 2.89. The van der Waals surface area contributed by atoms with Crippen molar-refractivity contribution in [1.82, 2.24) is 10.2 Å². The van der Waals surface area contributed by atoms with Crippen LogP contribution in [0.25, 0.3) is 0 Å². The van der Waals surface area contributed by atoms with Gasteiger partial charge in [0.25, 0.3) is 0 Å². The zero-order valence-electron chi connectivity index (χ0n) is 11.8. The summed E-state index contributed by atoms with van der Waals surface area (Å²) in [5.41, 5.74) is 0.432. The highest BCUT2D eigenvalue weighted by Crippen LogP contribution is 2.33. The van der Waals surface area contributed by atoms with Gasteiger partial charge >= 0.3 is 0 Å². The molecule has 0 saturated heterocycles. The van der Waals surface area contributed by atoms with Gasteiger partial charge in [0.05, 0.1) is 0 Å². The van der Waals surface area contributed by atoms with Crippen LogP contribution in [0.5, 0.6) is 0 Å². The molecule has 0 aliphatic heterocycles. The van der Waals surface area contributed by atoms with E-state index in [9.17, 15) is 0 Å². The van der Waals surface area contributed by atoms with Crippen molar-refractivity contribution in [2.24, 2.45) is 5.92 Å². The van der Waals surface area contributed by atoms with Crippen LogP contribution in [-0.4, -0.2) is 37.1 Å². The summed E-state index contributed by atoms with van der Waals surface area (Å²) in [5, 5.41) is 3.76. The molecule has 16 heavy (non-hydrogen) atoms. The molecule has 1 aliphatic rings. The molecule has 2 atom stereocenters. The van der Waals surface area contributed by atoms with E-state index in [-0.39, 0.29) is 0 Å². The Kier molecular flexibility index (Phi) is 5.26. The minimum atomic E-state index is 0.432. The first-order chi connectivity index (χ1) is 7.52. The minimum Gasteiger partial charge on any atom is -0.312 e. The van der Waals surface area contributed by atoms with Crippen LogP contribution in [0.2, 0.25) is 0 Å². The molecule has 1 N–H and O–H groups in total. The van der Waals surface area contributed by atoms with Crippen LogP contribution >= 0.6 is 0 Å². The second-order valence-electron chi connectivity index (χ2n) is 5.88. The molecule has 1 fully saturated rings. The largest absolute Gasteiger partial charge is 0.312 e. The van der Waals surface area contributed by atoms with Crippen LogP contribution in [-0.2, 0) is 0 Å². The predicted molar refractivity (Wildman–Crippen MR) is 71.8 cm³/mol. The third-order valence-corrected chi connectivity index (χ3v) is 4.73. The Morgan fingerprint density at radius 3 is 2.19 bits per heavy atom.